The first-order valence-corrected chi connectivity index (χ1v) is 16.9. The number of nitriles is 1. The van der Waals surface area contributed by atoms with Gasteiger partial charge in [0.15, 0.2) is 0 Å². The van der Waals surface area contributed by atoms with Crippen molar-refractivity contribution in [1.82, 2.24) is 29.1 Å². The fourth-order valence-corrected chi connectivity index (χ4v) is 7.17. The van der Waals surface area contributed by atoms with E-state index in [2.05, 4.69) is 34.7 Å². The predicted octanol–water partition coefficient (Wildman–Crippen LogP) is 4.86. The second kappa shape index (κ2) is 13.6. The summed E-state index contributed by atoms with van der Waals surface area (Å²) in [6, 6.07) is 16.6. The number of nitrogen functional groups attached to an aromatic ring is 1. The molecule has 0 radical (unpaired) electrons. The summed E-state index contributed by atoms with van der Waals surface area (Å²) in [6.07, 6.45) is 6.68. The van der Waals surface area contributed by atoms with E-state index >= 15 is 4.39 Å². The van der Waals surface area contributed by atoms with Crippen LogP contribution in [-0.4, -0.2) is 99.0 Å². The molecule has 0 unspecified atom stereocenters. The Morgan fingerprint density at radius 3 is 2.57 bits per heavy atom. The van der Waals surface area contributed by atoms with Crippen LogP contribution in [-0.2, 0) is 9.53 Å². The summed E-state index contributed by atoms with van der Waals surface area (Å²) in [7, 11) is 0. The van der Waals surface area contributed by atoms with Gasteiger partial charge in [-0.25, -0.2) is 14.4 Å². The summed E-state index contributed by atoms with van der Waals surface area (Å²) in [4.78, 5) is 29.7. The summed E-state index contributed by atoms with van der Waals surface area (Å²) in [5.74, 6) is 0.896. The van der Waals surface area contributed by atoms with Gasteiger partial charge < -0.3 is 20.1 Å². The number of rotatable bonds is 8. The first-order valence-electron chi connectivity index (χ1n) is 16.9. The maximum Gasteiger partial charge on any atom is 0.264 e. The number of piperidine rings is 1. The van der Waals surface area contributed by atoms with E-state index in [1.807, 2.05) is 28.7 Å². The first-order chi connectivity index (χ1) is 23.7. The summed E-state index contributed by atoms with van der Waals surface area (Å²) in [6.45, 7) is 10.2. The van der Waals surface area contributed by atoms with Crippen LogP contribution in [0.25, 0.3) is 16.8 Å². The average molecular weight is 665 g/mol. The number of carbonyl (C=O) groups excluding carboxylic acids is 1. The van der Waals surface area contributed by atoms with E-state index < -0.39 is 11.4 Å². The number of piperazine rings is 1. The zero-order valence-corrected chi connectivity index (χ0v) is 27.9. The first kappa shape index (κ1) is 32.7. The van der Waals surface area contributed by atoms with Crippen LogP contribution in [0.1, 0.15) is 38.4 Å². The summed E-state index contributed by atoms with van der Waals surface area (Å²) in [5.41, 5.74) is 7.18. The van der Waals surface area contributed by atoms with Gasteiger partial charge >= 0.3 is 0 Å². The van der Waals surface area contributed by atoms with Crippen LogP contribution in [0.2, 0.25) is 0 Å². The van der Waals surface area contributed by atoms with Crippen LogP contribution in [0.5, 0.6) is 11.5 Å². The van der Waals surface area contributed by atoms with Crippen LogP contribution >= 0.6 is 0 Å². The molecule has 0 spiro atoms. The van der Waals surface area contributed by atoms with E-state index in [-0.39, 0.29) is 28.8 Å². The number of para-hydroxylation sites is 1. The zero-order valence-electron chi connectivity index (χ0n) is 27.9. The summed E-state index contributed by atoms with van der Waals surface area (Å²) < 4.78 is 28.7. The minimum Gasteiger partial charge on any atom is -0.457 e. The van der Waals surface area contributed by atoms with Gasteiger partial charge in [-0.05, 0) is 57.0 Å². The molecule has 2 aromatic carbocycles. The molecule has 5 heterocycles. The number of halogens is 1. The topological polar surface area (TPSA) is 125 Å². The Bertz CT molecular complexity index is 1910. The Labute approximate surface area is 285 Å². The van der Waals surface area contributed by atoms with Gasteiger partial charge in [-0.3, -0.25) is 19.0 Å². The lowest BCUT2D eigenvalue weighted by atomic mass is 9.94. The third-order valence-electron chi connectivity index (χ3n) is 9.97. The summed E-state index contributed by atoms with van der Waals surface area (Å²) in [5, 5.41) is 10.2. The lowest BCUT2D eigenvalue weighted by molar-refractivity contribution is -0.128. The van der Waals surface area contributed by atoms with Crippen LogP contribution < -0.4 is 10.5 Å². The molecule has 7 rings (SSSR count). The highest BCUT2D eigenvalue weighted by Gasteiger charge is 2.36. The molecular weight excluding hydrogens is 623 g/mol. The van der Waals surface area contributed by atoms with Crippen molar-refractivity contribution >= 4 is 17.2 Å². The van der Waals surface area contributed by atoms with Gasteiger partial charge in [-0.2, -0.15) is 5.26 Å². The normalized spacial score (nSPS) is 19.8. The molecule has 3 fully saturated rings. The molecule has 12 heteroatoms. The van der Waals surface area contributed by atoms with Gasteiger partial charge in [0.25, 0.3) is 5.91 Å². The highest BCUT2D eigenvalue weighted by Crippen LogP contribution is 2.36. The number of aromatic nitrogens is 3. The Balaban J connectivity index is 1.11. The summed E-state index contributed by atoms with van der Waals surface area (Å²) >= 11 is 0. The zero-order chi connectivity index (χ0) is 34.1. The van der Waals surface area contributed by atoms with Gasteiger partial charge in [-0.15, -0.1) is 0 Å². The van der Waals surface area contributed by atoms with E-state index in [4.69, 9.17) is 20.2 Å². The van der Waals surface area contributed by atoms with Gasteiger partial charge in [0.05, 0.1) is 19.3 Å². The monoisotopic (exact) mass is 664 g/mol. The minimum absolute atomic E-state index is 0.141. The van der Waals surface area contributed by atoms with Crippen LogP contribution in [0, 0.1) is 17.1 Å². The fourth-order valence-electron chi connectivity index (χ4n) is 7.17. The number of benzene rings is 2. The van der Waals surface area contributed by atoms with Crippen molar-refractivity contribution in [2.75, 3.05) is 58.2 Å². The second-order valence-electron chi connectivity index (χ2n) is 13.5. The highest BCUT2D eigenvalue weighted by molar-refractivity contribution is 5.97. The molecule has 11 nitrogen and oxygen atoms in total. The molecule has 3 aliphatic rings. The van der Waals surface area contributed by atoms with Crippen molar-refractivity contribution in [2.24, 2.45) is 0 Å². The number of likely N-dealkylation sites (tertiary alicyclic amines) is 1. The lowest BCUT2D eigenvalue weighted by Crippen LogP contribution is -2.59. The van der Waals surface area contributed by atoms with Crippen molar-refractivity contribution in [3.05, 3.63) is 84.2 Å². The van der Waals surface area contributed by atoms with Crippen molar-refractivity contribution in [1.29, 1.82) is 5.26 Å². The van der Waals surface area contributed by atoms with Gasteiger partial charge in [0, 0.05) is 74.7 Å². The highest BCUT2D eigenvalue weighted by atomic mass is 19.1. The maximum absolute atomic E-state index is 15.7. The molecule has 2 aromatic heterocycles. The molecule has 1 atom stereocenters. The Morgan fingerprint density at radius 1 is 1.10 bits per heavy atom. The van der Waals surface area contributed by atoms with Crippen LogP contribution in [0.15, 0.2) is 72.6 Å². The van der Waals surface area contributed by atoms with Crippen molar-refractivity contribution in [2.45, 2.75) is 44.2 Å². The quantitative estimate of drug-likeness (QED) is 0.208. The third kappa shape index (κ3) is 6.62. The van der Waals surface area contributed by atoms with Gasteiger partial charge in [0.1, 0.15) is 51.8 Å². The van der Waals surface area contributed by atoms with Crippen molar-refractivity contribution in [3.8, 4) is 28.8 Å². The maximum atomic E-state index is 15.7. The van der Waals surface area contributed by atoms with Crippen LogP contribution in [0.4, 0.5) is 10.2 Å². The smallest absolute Gasteiger partial charge is 0.264 e. The van der Waals surface area contributed by atoms with Crippen molar-refractivity contribution < 1.29 is 18.7 Å². The molecule has 3 aliphatic heterocycles. The number of amides is 1. The number of fused-ring (bicyclic) bond motifs is 1. The van der Waals surface area contributed by atoms with E-state index in [9.17, 15) is 10.1 Å². The number of hydrogen-bond acceptors (Lipinski definition) is 9. The molecule has 3 saturated heterocycles. The van der Waals surface area contributed by atoms with E-state index in [0.717, 1.165) is 52.2 Å². The second-order valence-corrected chi connectivity index (χ2v) is 13.5. The largest absolute Gasteiger partial charge is 0.457 e. The van der Waals surface area contributed by atoms with E-state index in [1.165, 1.54) is 6.07 Å². The predicted molar refractivity (Wildman–Crippen MR) is 183 cm³/mol. The molecule has 0 bridgehead atoms. The Hall–Kier alpha value is -4.83. The number of hydrogen-bond donors (Lipinski definition) is 1. The molecule has 0 saturated carbocycles. The average Bonchev–Trinajstić information content (AvgIpc) is 3.48. The SMILES string of the molecule is CC(C)(C=C(C#N)C(=O)N1CCC[C@@H](c2nc(-c3ccc(Oc4ccccc4)cc3F)c3c(N)nccn23)C1)N1CCN(C2COC2)CC1. The molecule has 1 amide bonds. The molecule has 2 N–H and O–H groups in total. The molecule has 254 valence electrons. The molecule has 49 heavy (non-hydrogen) atoms. The van der Waals surface area contributed by atoms with E-state index in [1.54, 1.807) is 41.6 Å². The van der Waals surface area contributed by atoms with Crippen LogP contribution in [0.3, 0.4) is 0 Å². The minimum atomic E-state index is -0.506. The number of ether oxygens (including phenoxy) is 2. The molecule has 0 aliphatic carbocycles. The number of nitrogens with zero attached hydrogens (tertiary/aromatic N) is 7. The molecule has 4 aromatic rings. The standard InChI is InChI=1S/C37H41FN8O3/c1-37(2,45-17-15-43(16-18-45)27-23-48-24-27)20-26(21-39)36(47)44-13-6-7-25(22-44)35-42-32(33-34(40)41-12-14-46(33)35)30-11-10-29(19-31(30)38)49-28-8-4-3-5-9-28/h3-5,8-12,14,19-20,25,27H,6-7,13,15-18,22-24H2,1-2H3,(H2,40,41)/t25-/m1/s1. The third-order valence-corrected chi connectivity index (χ3v) is 9.97. The molecular formula is C37H41FN8O3. The Morgan fingerprint density at radius 2 is 1.88 bits per heavy atom. The number of carbonyl (C=O) groups is 1. The fraction of sp³-hybridized carbons (Fsp3) is 0.405. The van der Waals surface area contributed by atoms with E-state index in [0.29, 0.717) is 47.7 Å². The van der Waals surface area contributed by atoms with Gasteiger partial charge in [0.2, 0.25) is 0 Å². The van der Waals surface area contributed by atoms with Gasteiger partial charge in [-0.1, -0.05) is 18.2 Å². The number of anilines is 1. The number of nitrogens with two attached hydrogens (primary N) is 1. The van der Waals surface area contributed by atoms with Crippen molar-refractivity contribution in [3.63, 3.8) is 0 Å². The lowest BCUT2D eigenvalue weighted by Gasteiger charge is -2.46. The Kier molecular flexibility index (Phi) is 9.07. The number of imidazole rings is 1.